The summed E-state index contributed by atoms with van der Waals surface area (Å²) in [5, 5.41) is 0. The Labute approximate surface area is 106 Å². The quantitative estimate of drug-likeness (QED) is 0.498. The largest absolute Gasteiger partial charge is 0.376 e. The fourth-order valence-corrected chi connectivity index (χ4v) is 1.82. The van der Waals surface area contributed by atoms with Crippen LogP contribution in [-0.2, 0) is 11.3 Å². The van der Waals surface area contributed by atoms with Crippen LogP contribution in [0.15, 0.2) is 30.3 Å². The first-order valence-electron chi connectivity index (χ1n) is 6.58. The molecule has 0 bridgehead atoms. The van der Waals surface area contributed by atoms with Gasteiger partial charge in [-0.3, -0.25) is 0 Å². The second-order valence-electron chi connectivity index (χ2n) is 5.27. The van der Waals surface area contributed by atoms with Crippen LogP contribution in [0.3, 0.4) is 0 Å². The van der Waals surface area contributed by atoms with Gasteiger partial charge in [0.05, 0.1) is 20.7 Å². The summed E-state index contributed by atoms with van der Waals surface area (Å²) < 4.78 is 6.61. The zero-order valence-corrected chi connectivity index (χ0v) is 11.5. The summed E-state index contributed by atoms with van der Waals surface area (Å²) >= 11 is 0. The highest BCUT2D eigenvalue weighted by atomic mass is 16.5. The minimum Gasteiger partial charge on any atom is -0.376 e. The number of rotatable bonds is 8. The van der Waals surface area contributed by atoms with Crippen molar-refractivity contribution in [3.63, 3.8) is 0 Å². The molecule has 0 unspecified atom stereocenters. The highest BCUT2D eigenvalue weighted by Crippen LogP contribution is 2.08. The minimum absolute atomic E-state index is 0.861. The summed E-state index contributed by atoms with van der Waals surface area (Å²) in [7, 11) is 4.52. The number of likely N-dealkylation sites (N-methyl/N-ethyl adjacent to an activating group) is 1. The Morgan fingerprint density at radius 2 is 1.76 bits per heavy atom. The molecule has 0 aromatic heterocycles. The molecule has 0 aliphatic heterocycles. The molecule has 96 valence electrons. The maximum Gasteiger partial charge on any atom is 0.104 e. The molecule has 1 rings (SSSR count). The summed E-state index contributed by atoms with van der Waals surface area (Å²) in [5.41, 5.74) is 1.39. The van der Waals surface area contributed by atoms with E-state index in [1.807, 2.05) is 0 Å². The van der Waals surface area contributed by atoms with E-state index in [0.717, 1.165) is 30.8 Å². The molecule has 0 N–H and O–H groups in total. The number of nitrogens with zero attached hydrogens (tertiary/aromatic N) is 1. The zero-order chi connectivity index (χ0) is 12.6. The predicted octanol–water partition coefficient (Wildman–Crippen LogP) is 3.08. The zero-order valence-electron chi connectivity index (χ0n) is 11.5. The van der Waals surface area contributed by atoms with E-state index in [2.05, 4.69) is 51.4 Å². The van der Waals surface area contributed by atoms with E-state index in [1.165, 1.54) is 18.4 Å². The summed E-state index contributed by atoms with van der Waals surface area (Å²) in [6, 6.07) is 10.7. The first kappa shape index (κ1) is 14.2. The van der Waals surface area contributed by atoms with Crippen LogP contribution in [0.2, 0.25) is 0 Å². The molecular weight excluding hydrogens is 210 g/mol. The van der Waals surface area contributed by atoms with Crippen molar-refractivity contribution < 1.29 is 9.22 Å². The van der Waals surface area contributed by atoms with Gasteiger partial charge in [0.2, 0.25) is 0 Å². The van der Waals surface area contributed by atoms with Crippen molar-refractivity contribution in [1.29, 1.82) is 0 Å². The van der Waals surface area contributed by atoms with Crippen LogP contribution in [0.1, 0.15) is 25.3 Å². The van der Waals surface area contributed by atoms with Crippen molar-refractivity contribution in [2.24, 2.45) is 0 Å². The second kappa shape index (κ2) is 7.46. The van der Waals surface area contributed by atoms with E-state index in [9.17, 15) is 0 Å². The fraction of sp³-hybridized carbons (Fsp3) is 0.600. The van der Waals surface area contributed by atoms with Crippen molar-refractivity contribution in [3.05, 3.63) is 35.9 Å². The maximum absolute atomic E-state index is 5.63. The van der Waals surface area contributed by atoms with Crippen LogP contribution in [0.4, 0.5) is 0 Å². The van der Waals surface area contributed by atoms with E-state index < -0.39 is 0 Å². The number of hydrogen-bond acceptors (Lipinski definition) is 1. The van der Waals surface area contributed by atoms with Gasteiger partial charge in [-0.1, -0.05) is 43.7 Å². The molecule has 0 spiro atoms. The normalized spacial score (nSPS) is 11.7. The summed E-state index contributed by atoms with van der Waals surface area (Å²) in [4.78, 5) is 0. The lowest BCUT2D eigenvalue weighted by Gasteiger charge is -2.29. The second-order valence-corrected chi connectivity index (χ2v) is 5.27. The Hall–Kier alpha value is -0.860. The van der Waals surface area contributed by atoms with Gasteiger partial charge in [-0.15, -0.1) is 0 Å². The molecule has 0 heterocycles. The number of ether oxygens (including phenoxy) is 1. The number of quaternary nitrogens is 1. The summed E-state index contributed by atoms with van der Waals surface area (Å²) in [6.45, 7) is 6.09. The summed E-state index contributed by atoms with van der Waals surface area (Å²) in [6.07, 6.45) is 2.38. The molecule has 17 heavy (non-hydrogen) atoms. The Kier molecular flexibility index (Phi) is 6.23. The molecule has 0 atom stereocenters. The van der Waals surface area contributed by atoms with Crippen LogP contribution >= 0.6 is 0 Å². The molecule has 0 fully saturated rings. The van der Waals surface area contributed by atoms with Gasteiger partial charge in [-0.05, 0) is 6.42 Å². The first-order valence-corrected chi connectivity index (χ1v) is 6.58. The van der Waals surface area contributed by atoms with Crippen molar-refractivity contribution in [1.82, 2.24) is 0 Å². The highest BCUT2D eigenvalue weighted by molar-refractivity contribution is 5.13. The third-order valence-corrected chi connectivity index (χ3v) is 2.94. The summed E-state index contributed by atoms with van der Waals surface area (Å²) in [5.74, 6) is 0. The fourth-order valence-electron chi connectivity index (χ4n) is 1.82. The van der Waals surface area contributed by atoms with E-state index in [4.69, 9.17) is 4.74 Å². The van der Waals surface area contributed by atoms with Gasteiger partial charge in [-0.2, -0.15) is 0 Å². The third-order valence-electron chi connectivity index (χ3n) is 2.94. The molecule has 1 aromatic rings. The first-order chi connectivity index (χ1) is 8.14. The number of hydrogen-bond donors (Lipinski definition) is 0. The molecule has 1 aromatic carbocycles. The average Bonchev–Trinajstić information content (AvgIpc) is 2.29. The van der Waals surface area contributed by atoms with Crippen molar-refractivity contribution in [2.45, 2.75) is 26.3 Å². The standard InChI is InChI=1S/C15H26NO/c1-4-5-12-17-13-11-16(2,3)14-15-9-7-6-8-10-15/h6-10H,4-5,11-14H2,1-3H3/q+1. The third kappa shape index (κ3) is 6.44. The van der Waals surface area contributed by atoms with Gasteiger partial charge in [0.1, 0.15) is 13.1 Å². The SMILES string of the molecule is CCCCOCC[N+](C)(C)Cc1ccccc1. The van der Waals surface area contributed by atoms with Crippen LogP contribution in [-0.4, -0.2) is 38.3 Å². The van der Waals surface area contributed by atoms with E-state index in [0.29, 0.717) is 0 Å². The van der Waals surface area contributed by atoms with Gasteiger partial charge in [0.15, 0.2) is 0 Å². The number of benzene rings is 1. The van der Waals surface area contributed by atoms with Gasteiger partial charge in [0.25, 0.3) is 0 Å². The molecule has 0 aliphatic carbocycles. The van der Waals surface area contributed by atoms with Crippen LogP contribution in [0.5, 0.6) is 0 Å². The van der Waals surface area contributed by atoms with E-state index in [-0.39, 0.29) is 0 Å². The van der Waals surface area contributed by atoms with Crippen LogP contribution < -0.4 is 0 Å². The smallest absolute Gasteiger partial charge is 0.104 e. The molecule has 0 saturated heterocycles. The van der Waals surface area contributed by atoms with Gasteiger partial charge < -0.3 is 9.22 Å². The van der Waals surface area contributed by atoms with E-state index >= 15 is 0 Å². The Morgan fingerprint density at radius 3 is 2.41 bits per heavy atom. The van der Waals surface area contributed by atoms with Crippen molar-refractivity contribution >= 4 is 0 Å². The average molecular weight is 236 g/mol. The Morgan fingerprint density at radius 1 is 1.06 bits per heavy atom. The van der Waals surface area contributed by atoms with Gasteiger partial charge in [0, 0.05) is 12.2 Å². The Bertz CT molecular complexity index is 295. The van der Waals surface area contributed by atoms with Crippen molar-refractivity contribution in [2.75, 3.05) is 33.9 Å². The molecule has 0 radical (unpaired) electrons. The monoisotopic (exact) mass is 236 g/mol. The maximum atomic E-state index is 5.63. The van der Waals surface area contributed by atoms with Crippen LogP contribution in [0, 0.1) is 0 Å². The highest BCUT2D eigenvalue weighted by Gasteiger charge is 2.15. The Balaban J connectivity index is 2.26. The molecule has 0 aliphatic rings. The van der Waals surface area contributed by atoms with Gasteiger partial charge in [-0.25, -0.2) is 0 Å². The lowest BCUT2D eigenvalue weighted by molar-refractivity contribution is -0.904. The number of unbranched alkanes of at least 4 members (excludes halogenated alkanes) is 1. The molecular formula is C15H26NO+. The van der Waals surface area contributed by atoms with E-state index in [1.54, 1.807) is 0 Å². The molecule has 0 amide bonds. The predicted molar refractivity (Wildman–Crippen MR) is 72.8 cm³/mol. The van der Waals surface area contributed by atoms with Crippen LogP contribution in [0.25, 0.3) is 0 Å². The lowest BCUT2D eigenvalue weighted by Crippen LogP contribution is -2.41. The lowest BCUT2D eigenvalue weighted by atomic mass is 10.2. The molecule has 2 heteroatoms. The topological polar surface area (TPSA) is 9.23 Å². The minimum atomic E-state index is 0.861. The molecule has 2 nitrogen and oxygen atoms in total. The van der Waals surface area contributed by atoms with Crippen molar-refractivity contribution in [3.8, 4) is 0 Å². The van der Waals surface area contributed by atoms with Gasteiger partial charge >= 0.3 is 0 Å². The molecule has 0 saturated carbocycles.